The molecule has 2 heterocycles. The molecule has 0 radical (unpaired) electrons. The van der Waals surface area contributed by atoms with E-state index >= 15 is 0 Å². The van der Waals surface area contributed by atoms with E-state index in [1.807, 2.05) is 18.2 Å². The fourth-order valence-corrected chi connectivity index (χ4v) is 3.48. The molecule has 1 aromatic heterocycles. The van der Waals surface area contributed by atoms with Gasteiger partial charge in [-0.25, -0.2) is 4.39 Å². The van der Waals surface area contributed by atoms with Crippen molar-refractivity contribution in [1.29, 1.82) is 0 Å². The number of nitrogens with one attached hydrogen (secondary N) is 1. The first kappa shape index (κ1) is 17.7. The van der Waals surface area contributed by atoms with Gasteiger partial charge in [-0.3, -0.25) is 9.69 Å². The molecule has 0 bridgehead atoms. The average molecular weight is 344 g/mol. The van der Waals surface area contributed by atoms with Gasteiger partial charge in [-0.15, -0.1) is 0 Å². The van der Waals surface area contributed by atoms with Crippen LogP contribution in [0.4, 0.5) is 4.39 Å². The molecule has 0 aliphatic carbocycles. The maximum Gasteiger partial charge on any atom is 0.216 e. The van der Waals surface area contributed by atoms with Crippen LogP contribution in [0.3, 0.4) is 0 Å². The van der Waals surface area contributed by atoms with Crippen LogP contribution in [-0.2, 0) is 11.3 Å². The molecule has 0 spiro atoms. The zero-order chi connectivity index (χ0) is 17.6. The fourth-order valence-electron chi connectivity index (χ4n) is 3.48. The Balaban J connectivity index is 1.64. The first-order valence-corrected chi connectivity index (χ1v) is 8.95. The Labute approximate surface area is 148 Å². The van der Waals surface area contributed by atoms with Crippen molar-refractivity contribution in [3.05, 3.63) is 48.0 Å². The molecule has 0 saturated carbocycles. The first-order chi connectivity index (χ1) is 12.1. The molecule has 0 unspecified atom stereocenters. The van der Waals surface area contributed by atoms with E-state index in [9.17, 15) is 9.18 Å². The summed E-state index contributed by atoms with van der Waals surface area (Å²) in [6.45, 7) is 4.00. The lowest BCUT2D eigenvalue weighted by Crippen LogP contribution is -2.40. The molecule has 1 N–H and O–H groups in total. The SMILES string of the molecule is CC(=O)NCC[C@@H]1CCCCN1Cc1ccc(-c2ccccc2F)o1. The predicted octanol–water partition coefficient (Wildman–Crippen LogP) is 3.97. The van der Waals surface area contributed by atoms with Crippen molar-refractivity contribution >= 4 is 5.91 Å². The lowest BCUT2D eigenvalue weighted by atomic mass is 9.99. The molecule has 1 amide bonds. The van der Waals surface area contributed by atoms with Crippen LogP contribution in [0.5, 0.6) is 0 Å². The third-order valence-corrected chi connectivity index (χ3v) is 4.76. The Morgan fingerprint density at radius 3 is 2.92 bits per heavy atom. The normalized spacial score (nSPS) is 18.2. The molecule has 25 heavy (non-hydrogen) atoms. The van der Waals surface area contributed by atoms with Gasteiger partial charge in [0.2, 0.25) is 5.91 Å². The second-order valence-corrected chi connectivity index (χ2v) is 6.64. The van der Waals surface area contributed by atoms with Crippen molar-refractivity contribution in [1.82, 2.24) is 10.2 Å². The maximum atomic E-state index is 13.9. The van der Waals surface area contributed by atoms with E-state index in [4.69, 9.17) is 4.42 Å². The van der Waals surface area contributed by atoms with Gasteiger partial charge in [-0.2, -0.15) is 0 Å². The van der Waals surface area contributed by atoms with Crippen LogP contribution in [0.25, 0.3) is 11.3 Å². The number of nitrogens with zero attached hydrogens (tertiary/aromatic N) is 1. The van der Waals surface area contributed by atoms with Gasteiger partial charge in [0.25, 0.3) is 0 Å². The zero-order valence-electron chi connectivity index (χ0n) is 14.6. The highest BCUT2D eigenvalue weighted by Crippen LogP contribution is 2.27. The number of furan rings is 1. The number of rotatable bonds is 6. The molecule has 1 fully saturated rings. The van der Waals surface area contributed by atoms with Crippen molar-refractivity contribution in [2.24, 2.45) is 0 Å². The summed E-state index contributed by atoms with van der Waals surface area (Å²) in [7, 11) is 0. The predicted molar refractivity (Wildman–Crippen MR) is 95.5 cm³/mol. The monoisotopic (exact) mass is 344 g/mol. The lowest BCUT2D eigenvalue weighted by Gasteiger charge is -2.35. The van der Waals surface area contributed by atoms with Gasteiger partial charge in [-0.05, 0) is 50.1 Å². The summed E-state index contributed by atoms with van der Waals surface area (Å²) >= 11 is 0. The third kappa shape index (κ3) is 4.69. The van der Waals surface area contributed by atoms with Crippen LogP contribution in [0, 0.1) is 5.82 Å². The number of halogens is 1. The van der Waals surface area contributed by atoms with Gasteiger partial charge in [0, 0.05) is 19.5 Å². The van der Waals surface area contributed by atoms with E-state index in [2.05, 4.69) is 10.2 Å². The van der Waals surface area contributed by atoms with Crippen molar-refractivity contribution in [2.45, 2.75) is 45.2 Å². The molecule has 4 nitrogen and oxygen atoms in total. The van der Waals surface area contributed by atoms with E-state index in [0.29, 0.717) is 23.9 Å². The van der Waals surface area contributed by atoms with Crippen LogP contribution >= 0.6 is 0 Å². The van der Waals surface area contributed by atoms with Crippen LogP contribution in [0.2, 0.25) is 0 Å². The van der Waals surface area contributed by atoms with Gasteiger partial charge < -0.3 is 9.73 Å². The largest absolute Gasteiger partial charge is 0.460 e. The molecule has 5 heteroatoms. The maximum absolute atomic E-state index is 13.9. The number of amides is 1. The number of hydrogen-bond donors (Lipinski definition) is 1. The smallest absolute Gasteiger partial charge is 0.216 e. The summed E-state index contributed by atoms with van der Waals surface area (Å²) in [5.74, 6) is 1.17. The quantitative estimate of drug-likeness (QED) is 0.862. The van der Waals surface area contributed by atoms with E-state index < -0.39 is 0 Å². The molecule has 1 aliphatic heterocycles. The molecular formula is C20H25FN2O2. The first-order valence-electron chi connectivity index (χ1n) is 8.95. The van der Waals surface area contributed by atoms with E-state index in [1.165, 1.54) is 18.9 Å². The number of piperidine rings is 1. The van der Waals surface area contributed by atoms with E-state index in [0.717, 1.165) is 31.7 Å². The van der Waals surface area contributed by atoms with Gasteiger partial charge in [0.15, 0.2) is 0 Å². The minimum absolute atomic E-state index is 0.0166. The summed E-state index contributed by atoms with van der Waals surface area (Å²) in [5.41, 5.74) is 0.495. The number of carbonyl (C=O) groups excluding carboxylic acids is 1. The zero-order valence-corrected chi connectivity index (χ0v) is 14.6. The molecule has 1 aliphatic rings. The Morgan fingerprint density at radius 2 is 2.12 bits per heavy atom. The molecule has 3 rings (SSSR count). The highest BCUT2D eigenvalue weighted by Gasteiger charge is 2.23. The summed E-state index contributed by atoms with van der Waals surface area (Å²) < 4.78 is 19.8. The number of benzene rings is 1. The van der Waals surface area contributed by atoms with E-state index in [1.54, 1.807) is 19.1 Å². The topological polar surface area (TPSA) is 45.5 Å². The molecule has 1 aromatic carbocycles. The van der Waals surface area contributed by atoms with Gasteiger partial charge in [0.1, 0.15) is 17.3 Å². The van der Waals surface area contributed by atoms with E-state index in [-0.39, 0.29) is 11.7 Å². The van der Waals surface area contributed by atoms with Gasteiger partial charge in [-0.1, -0.05) is 18.6 Å². The minimum atomic E-state index is -0.269. The van der Waals surface area contributed by atoms with Gasteiger partial charge in [0.05, 0.1) is 12.1 Å². The highest BCUT2D eigenvalue weighted by atomic mass is 19.1. The Kier molecular flexibility index (Phi) is 5.87. The van der Waals surface area contributed by atoms with Crippen molar-refractivity contribution in [3.8, 4) is 11.3 Å². The Morgan fingerprint density at radius 1 is 1.28 bits per heavy atom. The van der Waals surface area contributed by atoms with Crippen LogP contribution in [0.1, 0.15) is 38.4 Å². The van der Waals surface area contributed by atoms with Crippen molar-refractivity contribution in [2.75, 3.05) is 13.1 Å². The summed E-state index contributed by atoms with van der Waals surface area (Å²) in [6, 6.07) is 10.9. The van der Waals surface area contributed by atoms with Crippen LogP contribution < -0.4 is 5.32 Å². The number of carbonyl (C=O) groups is 1. The minimum Gasteiger partial charge on any atom is -0.460 e. The fraction of sp³-hybridized carbons (Fsp3) is 0.450. The lowest BCUT2D eigenvalue weighted by molar-refractivity contribution is -0.119. The summed E-state index contributed by atoms with van der Waals surface area (Å²) in [5, 5.41) is 2.88. The number of likely N-dealkylation sites (tertiary alicyclic amines) is 1. The molecule has 134 valence electrons. The number of hydrogen-bond acceptors (Lipinski definition) is 3. The standard InChI is InChI=1S/C20H25FN2O2/c1-15(24)22-12-11-16-6-4-5-13-23(16)14-17-9-10-20(25-17)18-7-2-3-8-19(18)21/h2-3,7-10,16H,4-6,11-14H2,1H3,(H,22,24)/t16-/m0/s1. The van der Waals surface area contributed by atoms with Crippen LogP contribution in [-0.4, -0.2) is 29.9 Å². The summed E-state index contributed by atoms with van der Waals surface area (Å²) in [4.78, 5) is 13.5. The molecular weight excluding hydrogens is 319 g/mol. The summed E-state index contributed by atoms with van der Waals surface area (Å²) in [6.07, 6.45) is 4.48. The molecule has 1 saturated heterocycles. The third-order valence-electron chi connectivity index (χ3n) is 4.76. The van der Waals surface area contributed by atoms with Gasteiger partial charge >= 0.3 is 0 Å². The molecule has 2 aromatic rings. The Bertz CT molecular complexity index is 713. The Hall–Kier alpha value is -2.14. The van der Waals surface area contributed by atoms with Crippen LogP contribution in [0.15, 0.2) is 40.8 Å². The second-order valence-electron chi connectivity index (χ2n) is 6.64. The van der Waals surface area contributed by atoms with Crippen molar-refractivity contribution < 1.29 is 13.6 Å². The highest BCUT2D eigenvalue weighted by molar-refractivity contribution is 5.72. The molecule has 1 atom stereocenters. The second kappa shape index (κ2) is 8.30. The van der Waals surface area contributed by atoms with Crippen molar-refractivity contribution in [3.63, 3.8) is 0 Å². The average Bonchev–Trinajstić information content (AvgIpc) is 3.05.